The van der Waals surface area contributed by atoms with Crippen LogP contribution in [0, 0.1) is 5.92 Å². The topological polar surface area (TPSA) is 38.8 Å². The summed E-state index contributed by atoms with van der Waals surface area (Å²) >= 11 is 0. The minimum Gasteiger partial charge on any atom is -0.449 e. The van der Waals surface area contributed by atoms with Crippen LogP contribution in [-0.2, 0) is 9.47 Å². The Labute approximate surface area is 77.8 Å². The number of hydrogen-bond donors (Lipinski definition) is 0. The maximum absolute atomic E-state index is 11.4. The Balaban J connectivity index is 1.65. The number of carbonyl (C=O) groups is 1. The van der Waals surface area contributed by atoms with Crippen LogP contribution in [0.2, 0.25) is 0 Å². The molecule has 1 amide bonds. The first kappa shape index (κ1) is 8.81. The molecule has 0 aromatic rings. The van der Waals surface area contributed by atoms with Crippen molar-refractivity contribution in [2.75, 3.05) is 32.9 Å². The zero-order chi connectivity index (χ0) is 9.10. The highest BCUT2D eigenvalue weighted by atomic mass is 16.6. The second-order valence-electron chi connectivity index (χ2n) is 3.67. The molecule has 0 atom stereocenters. The van der Waals surface area contributed by atoms with Crippen molar-refractivity contribution in [1.82, 2.24) is 4.90 Å². The zero-order valence-corrected chi connectivity index (χ0v) is 7.70. The van der Waals surface area contributed by atoms with Gasteiger partial charge in [0.15, 0.2) is 0 Å². The second kappa shape index (κ2) is 3.96. The van der Waals surface area contributed by atoms with Crippen LogP contribution < -0.4 is 0 Å². The molecular formula is C9H15NO3. The first-order valence-corrected chi connectivity index (χ1v) is 4.86. The number of amides is 1. The van der Waals surface area contributed by atoms with Gasteiger partial charge in [0, 0.05) is 19.0 Å². The van der Waals surface area contributed by atoms with Gasteiger partial charge in [0.1, 0.15) is 6.61 Å². The molecule has 74 valence electrons. The number of rotatable bonds is 2. The summed E-state index contributed by atoms with van der Waals surface area (Å²) < 4.78 is 10.1. The summed E-state index contributed by atoms with van der Waals surface area (Å²) in [5.41, 5.74) is 0. The first-order valence-electron chi connectivity index (χ1n) is 4.86. The van der Waals surface area contributed by atoms with Crippen molar-refractivity contribution in [3.05, 3.63) is 0 Å². The van der Waals surface area contributed by atoms with E-state index in [2.05, 4.69) is 0 Å². The molecular weight excluding hydrogens is 170 g/mol. The van der Waals surface area contributed by atoms with Crippen LogP contribution in [-0.4, -0.2) is 43.9 Å². The Kier molecular flexibility index (Phi) is 2.68. The average molecular weight is 185 g/mol. The largest absolute Gasteiger partial charge is 0.449 e. The summed E-state index contributed by atoms with van der Waals surface area (Å²) in [5, 5.41) is 0. The van der Waals surface area contributed by atoms with Gasteiger partial charge in [-0.25, -0.2) is 4.79 Å². The van der Waals surface area contributed by atoms with E-state index in [0.29, 0.717) is 12.5 Å². The monoisotopic (exact) mass is 185 g/mol. The third-order valence-corrected chi connectivity index (χ3v) is 2.51. The van der Waals surface area contributed by atoms with Crippen LogP contribution in [0.4, 0.5) is 4.79 Å². The lowest BCUT2D eigenvalue weighted by atomic mass is 10.1. The molecule has 0 bridgehead atoms. The van der Waals surface area contributed by atoms with E-state index in [9.17, 15) is 4.79 Å². The van der Waals surface area contributed by atoms with E-state index in [1.165, 1.54) is 0 Å². The van der Waals surface area contributed by atoms with Crippen molar-refractivity contribution in [2.45, 2.75) is 12.8 Å². The molecule has 2 rings (SSSR count). The predicted molar refractivity (Wildman–Crippen MR) is 46.5 cm³/mol. The summed E-state index contributed by atoms with van der Waals surface area (Å²) in [6, 6.07) is 0. The second-order valence-corrected chi connectivity index (χ2v) is 3.67. The Hall–Kier alpha value is -0.770. The minimum absolute atomic E-state index is 0.149. The summed E-state index contributed by atoms with van der Waals surface area (Å²) in [7, 11) is 0. The standard InChI is InChI=1S/C9H15NO3/c11-9(10-3-1-2-4-10)13-7-8-5-12-6-8/h8H,1-7H2. The number of likely N-dealkylation sites (tertiary alicyclic amines) is 1. The van der Waals surface area contributed by atoms with Gasteiger partial charge in [-0.3, -0.25) is 0 Å². The fourth-order valence-corrected chi connectivity index (χ4v) is 1.56. The maximum Gasteiger partial charge on any atom is 0.409 e. The van der Waals surface area contributed by atoms with E-state index in [4.69, 9.17) is 9.47 Å². The van der Waals surface area contributed by atoms with Gasteiger partial charge in [-0.05, 0) is 12.8 Å². The predicted octanol–water partition coefficient (Wildman–Crippen LogP) is 0.865. The molecule has 13 heavy (non-hydrogen) atoms. The summed E-state index contributed by atoms with van der Waals surface area (Å²) in [4.78, 5) is 13.1. The fraction of sp³-hybridized carbons (Fsp3) is 0.889. The number of ether oxygens (including phenoxy) is 2. The number of hydrogen-bond acceptors (Lipinski definition) is 3. The highest BCUT2D eigenvalue weighted by Gasteiger charge is 2.23. The molecule has 0 spiro atoms. The van der Waals surface area contributed by atoms with E-state index in [1.807, 2.05) is 0 Å². The SMILES string of the molecule is O=C(OCC1COC1)N1CCCC1. The molecule has 0 aromatic carbocycles. The van der Waals surface area contributed by atoms with Crippen molar-refractivity contribution in [3.63, 3.8) is 0 Å². The highest BCUT2D eigenvalue weighted by molar-refractivity contribution is 5.67. The van der Waals surface area contributed by atoms with Gasteiger partial charge in [0.2, 0.25) is 0 Å². The van der Waals surface area contributed by atoms with Gasteiger partial charge >= 0.3 is 6.09 Å². The molecule has 2 aliphatic heterocycles. The fourth-order valence-electron chi connectivity index (χ4n) is 1.56. The molecule has 0 aliphatic carbocycles. The Morgan fingerprint density at radius 1 is 1.38 bits per heavy atom. The first-order chi connectivity index (χ1) is 6.36. The lowest BCUT2D eigenvalue weighted by Crippen LogP contribution is -2.35. The smallest absolute Gasteiger partial charge is 0.409 e. The van der Waals surface area contributed by atoms with Crippen molar-refractivity contribution in [1.29, 1.82) is 0 Å². The van der Waals surface area contributed by atoms with Crippen LogP contribution in [0.25, 0.3) is 0 Å². The molecule has 0 N–H and O–H groups in total. The van der Waals surface area contributed by atoms with E-state index in [-0.39, 0.29) is 6.09 Å². The molecule has 4 nitrogen and oxygen atoms in total. The molecule has 2 saturated heterocycles. The molecule has 4 heteroatoms. The molecule has 0 unspecified atom stereocenters. The molecule has 0 saturated carbocycles. The van der Waals surface area contributed by atoms with Crippen molar-refractivity contribution < 1.29 is 14.3 Å². The van der Waals surface area contributed by atoms with Crippen molar-refractivity contribution >= 4 is 6.09 Å². The van der Waals surface area contributed by atoms with Gasteiger partial charge in [-0.15, -0.1) is 0 Å². The van der Waals surface area contributed by atoms with E-state index in [0.717, 1.165) is 39.1 Å². The Morgan fingerprint density at radius 2 is 2.08 bits per heavy atom. The lowest BCUT2D eigenvalue weighted by molar-refractivity contribution is -0.0606. The lowest BCUT2D eigenvalue weighted by Gasteiger charge is -2.26. The molecule has 2 fully saturated rings. The Morgan fingerprint density at radius 3 is 2.62 bits per heavy atom. The molecule has 0 radical (unpaired) electrons. The van der Waals surface area contributed by atoms with Gasteiger partial charge in [-0.1, -0.05) is 0 Å². The molecule has 0 aromatic heterocycles. The third kappa shape index (κ3) is 2.12. The maximum atomic E-state index is 11.4. The quantitative estimate of drug-likeness (QED) is 0.640. The third-order valence-electron chi connectivity index (χ3n) is 2.51. The van der Waals surface area contributed by atoms with Gasteiger partial charge in [0.25, 0.3) is 0 Å². The normalized spacial score (nSPS) is 22.9. The minimum atomic E-state index is -0.149. The average Bonchev–Trinajstić information content (AvgIpc) is 2.52. The van der Waals surface area contributed by atoms with Gasteiger partial charge in [-0.2, -0.15) is 0 Å². The van der Waals surface area contributed by atoms with Crippen molar-refractivity contribution in [2.24, 2.45) is 5.92 Å². The van der Waals surface area contributed by atoms with Crippen LogP contribution >= 0.6 is 0 Å². The van der Waals surface area contributed by atoms with Gasteiger partial charge < -0.3 is 14.4 Å². The van der Waals surface area contributed by atoms with Crippen LogP contribution in [0.1, 0.15) is 12.8 Å². The zero-order valence-electron chi connectivity index (χ0n) is 7.70. The number of nitrogens with zero attached hydrogens (tertiary/aromatic N) is 1. The van der Waals surface area contributed by atoms with E-state index >= 15 is 0 Å². The van der Waals surface area contributed by atoms with E-state index < -0.39 is 0 Å². The summed E-state index contributed by atoms with van der Waals surface area (Å²) in [5.74, 6) is 0.437. The summed E-state index contributed by atoms with van der Waals surface area (Å²) in [6.07, 6.45) is 2.08. The van der Waals surface area contributed by atoms with E-state index in [1.54, 1.807) is 4.90 Å². The van der Waals surface area contributed by atoms with Crippen LogP contribution in [0.15, 0.2) is 0 Å². The van der Waals surface area contributed by atoms with Crippen LogP contribution in [0.3, 0.4) is 0 Å². The van der Waals surface area contributed by atoms with Gasteiger partial charge in [0.05, 0.1) is 13.2 Å². The molecule has 2 heterocycles. The summed E-state index contributed by atoms with van der Waals surface area (Å²) in [6.45, 7) is 3.73. The van der Waals surface area contributed by atoms with Crippen LogP contribution in [0.5, 0.6) is 0 Å². The Bertz CT molecular complexity index is 185. The number of carbonyl (C=O) groups excluding carboxylic acids is 1. The van der Waals surface area contributed by atoms with Crippen molar-refractivity contribution in [3.8, 4) is 0 Å². The highest BCUT2D eigenvalue weighted by Crippen LogP contribution is 2.13. The molecule has 2 aliphatic rings.